The Hall–Kier alpha value is -1.43. The third-order valence-electron chi connectivity index (χ3n) is 6.50. The smallest absolute Gasteiger partial charge is 0.229 e. The van der Waals surface area contributed by atoms with Crippen LogP contribution in [-0.2, 0) is 17.6 Å². The van der Waals surface area contributed by atoms with Gasteiger partial charge < -0.3 is 10.6 Å². The van der Waals surface area contributed by atoms with Gasteiger partial charge >= 0.3 is 0 Å². The van der Waals surface area contributed by atoms with E-state index in [-0.39, 0.29) is 29.6 Å². The van der Waals surface area contributed by atoms with E-state index in [0.29, 0.717) is 0 Å². The molecule has 3 aliphatic rings. The van der Waals surface area contributed by atoms with Crippen LogP contribution in [0.15, 0.2) is 18.2 Å². The Kier molecular flexibility index (Phi) is 5.04. The van der Waals surface area contributed by atoms with Crippen molar-refractivity contribution in [1.29, 1.82) is 0 Å². The zero-order valence-electron chi connectivity index (χ0n) is 15.6. The van der Waals surface area contributed by atoms with Crippen LogP contribution in [0.25, 0.3) is 11.3 Å². The number of rotatable bonds is 3. The highest BCUT2D eigenvalue weighted by Crippen LogP contribution is 2.58. The molecule has 2 heterocycles. The summed E-state index contributed by atoms with van der Waals surface area (Å²) in [4.78, 5) is 18.6. The van der Waals surface area contributed by atoms with E-state index < -0.39 is 0 Å². The summed E-state index contributed by atoms with van der Waals surface area (Å²) in [5.74, 6) is 0.346. The maximum absolute atomic E-state index is 12.7. The first-order valence-corrected chi connectivity index (χ1v) is 10.6. The van der Waals surface area contributed by atoms with Gasteiger partial charge in [0, 0.05) is 16.4 Å². The van der Waals surface area contributed by atoms with E-state index >= 15 is 0 Å². The van der Waals surface area contributed by atoms with Crippen molar-refractivity contribution in [2.24, 2.45) is 11.3 Å². The Labute approximate surface area is 170 Å². The van der Waals surface area contributed by atoms with E-state index in [1.165, 1.54) is 40.8 Å². The Morgan fingerprint density at radius 3 is 2.85 bits per heavy atom. The lowest BCUT2D eigenvalue weighted by Crippen LogP contribution is -2.31. The second-order valence-electron chi connectivity index (χ2n) is 8.12. The number of benzene rings is 1. The number of hydrogen-bond acceptors (Lipinski definition) is 4. The van der Waals surface area contributed by atoms with Gasteiger partial charge in [0.1, 0.15) is 0 Å². The maximum atomic E-state index is 12.7. The van der Waals surface area contributed by atoms with Crippen molar-refractivity contribution in [3.63, 3.8) is 0 Å². The van der Waals surface area contributed by atoms with E-state index in [0.717, 1.165) is 43.2 Å². The first-order valence-electron chi connectivity index (χ1n) is 9.76. The van der Waals surface area contributed by atoms with Crippen molar-refractivity contribution in [2.45, 2.75) is 45.4 Å². The fourth-order valence-corrected chi connectivity index (χ4v) is 5.66. The molecule has 1 unspecified atom stereocenters. The van der Waals surface area contributed by atoms with Crippen molar-refractivity contribution >= 4 is 34.8 Å². The average molecular weight is 404 g/mol. The molecule has 1 saturated heterocycles. The molecule has 5 rings (SSSR count). The van der Waals surface area contributed by atoms with Crippen molar-refractivity contribution in [3.05, 3.63) is 34.2 Å². The molecule has 2 N–H and O–H groups in total. The number of nitrogens with one attached hydrogen (secondary N) is 2. The van der Waals surface area contributed by atoms with Gasteiger partial charge in [0.15, 0.2) is 5.13 Å². The van der Waals surface area contributed by atoms with Crippen molar-refractivity contribution in [3.8, 4) is 11.3 Å². The predicted octanol–water partition coefficient (Wildman–Crippen LogP) is 4.36. The predicted molar refractivity (Wildman–Crippen MR) is 113 cm³/mol. The Morgan fingerprint density at radius 1 is 1.26 bits per heavy atom. The molecule has 27 heavy (non-hydrogen) atoms. The summed E-state index contributed by atoms with van der Waals surface area (Å²) in [6.45, 7) is 4.19. The number of amides is 1. The van der Waals surface area contributed by atoms with Gasteiger partial charge in [0.25, 0.3) is 0 Å². The van der Waals surface area contributed by atoms with E-state index in [4.69, 9.17) is 4.98 Å². The van der Waals surface area contributed by atoms with Gasteiger partial charge in [0.2, 0.25) is 5.91 Å². The summed E-state index contributed by atoms with van der Waals surface area (Å²) in [6, 6.07) is 6.73. The minimum absolute atomic E-state index is 0. The topological polar surface area (TPSA) is 54.0 Å². The van der Waals surface area contributed by atoms with E-state index in [2.05, 4.69) is 35.8 Å². The second-order valence-corrected chi connectivity index (χ2v) is 9.32. The number of halogens is 1. The quantitative estimate of drug-likeness (QED) is 0.800. The van der Waals surface area contributed by atoms with Crippen LogP contribution in [0.4, 0.5) is 5.13 Å². The van der Waals surface area contributed by atoms with Crippen LogP contribution in [0.1, 0.15) is 41.7 Å². The molecule has 1 saturated carbocycles. The van der Waals surface area contributed by atoms with Crippen LogP contribution in [0.3, 0.4) is 0 Å². The molecule has 1 atom stereocenters. The van der Waals surface area contributed by atoms with Gasteiger partial charge in [-0.3, -0.25) is 4.79 Å². The third-order valence-corrected chi connectivity index (χ3v) is 7.39. The summed E-state index contributed by atoms with van der Waals surface area (Å²) in [7, 11) is 0. The largest absolute Gasteiger partial charge is 0.317 e. The summed E-state index contributed by atoms with van der Waals surface area (Å²) in [6.07, 6.45) is 6.93. The lowest BCUT2D eigenvalue weighted by molar-refractivity contribution is -0.118. The van der Waals surface area contributed by atoms with Gasteiger partial charge in [-0.25, -0.2) is 4.98 Å². The fourth-order valence-electron chi connectivity index (χ4n) is 4.82. The molecule has 144 valence electrons. The molecule has 2 aliphatic carbocycles. The van der Waals surface area contributed by atoms with Gasteiger partial charge in [-0.05, 0) is 81.1 Å². The van der Waals surface area contributed by atoms with E-state index in [1.54, 1.807) is 11.3 Å². The van der Waals surface area contributed by atoms with Crippen LogP contribution < -0.4 is 10.6 Å². The first kappa shape index (κ1) is 18.9. The first-order chi connectivity index (χ1) is 12.6. The van der Waals surface area contributed by atoms with Crippen LogP contribution in [0.2, 0.25) is 0 Å². The number of thiazole rings is 1. The number of piperidine rings is 1. The molecule has 1 spiro atoms. The molecular formula is C21H26ClN3OS. The fraction of sp³-hybridized carbons (Fsp3) is 0.524. The molecule has 2 fully saturated rings. The molecule has 1 aromatic heterocycles. The molecule has 2 aromatic rings. The lowest BCUT2D eigenvalue weighted by Gasteiger charge is -2.22. The number of aryl methyl sites for hydroxylation is 3. The lowest BCUT2D eigenvalue weighted by atomic mass is 9.92. The number of carbonyl (C=O) groups excluding carboxylic acids is 1. The normalized spacial score (nSPS) is 22.2. The highest BCUT2D eigenvalue weighted by Gasteiger charge is 2.57. The minimum atomic E-state index is 0. The van der Waals surface area contributed by atoms with Crippen LogP contribution >= 0.6 is 23.7 Å². The minimum Gasteiger partial charge on any atom is -0.317 e. The molecule has 1 amide bonds. The highest BCUT2D eigenvalue weighted by molar-refractivity contribution is 7.16. The standard InChI is InChI=1S/C21H25N3OS.ClH/c1-13-18(16-6-5-14-3-2-4-15(14)11-16)23-20(26-13)24-19(25)17-12-21(17)7-9-22-10-8-21;/h5-6,11,17,22H,2-4,7-10,12H2,1H3,(H,23,24,25);1H. The van der Waals surface area contributed by atoms with E-state index in [1.807, 2.05) is 0 Å². The van der Waals surface area contributed by atoms with Gasteiger partial charge in [-0.15, -0.1) is 23.7 Å². The summed E-state index contributed by atoms with van der Waals surface area (Å²) < 4.78 is 0. The van der Waals surface area contributed by atoms with Gasteiger partial charge in [0.05, 0.1) is 5.69 Å². The van der Waals surface area contributed by atoms with Crippen LogP contribution in [0.5, 0.6) is 0 Å². The molecule has 0 radical (unpaired) electrons. The average Bonchev–Trinajstić information content (AvgIpc) is 2.98. The Bertz CT molecular complexity index is 872. The number of hydrogen-bond donors (Lipinski definition) is 2. The molecule has 0 bridgehead atoms. The number of aromatic nitrogens is 1. The van der Waals surface area contributed by atoms with Gasteiger partial charge in [-0.1, -0.05) is 12.1 Å². The van der Waals surface area contributed by atoms with Crippen LogP contribution in [0, 0.1) is 18.3 Å². The third kappa shape index (κ3) is 3.41. The Morgan fingerprint density at radius 2 is 2.04 bits per heavy atom. The van der Waals surface area contributed by atoms with Gasteiger partial charge in [-0.2, -0.15) is 0 Å². The van der Waals surface area contributed by atoms with E-state index in [9.17, 15) is 4.79 Å². The highest BCUT2D eigenvalue weighted by atomic mass is 35.5. The second kappa shape index (κ2) is 7.19. The number of fused-ring (bicyclic) bond motifs is 1. The molecular weight excluding hydrogens is 378 g/mol. The summed E-state index contributed by atoms with van der Waals surface area (Å²) in [5.41, 5.74) is 5.42. The molecule has 6 heteroatoms. The number of nitrogens with zero attached hydrogens (tertiary/aromatic N) is 1. The number of carbonyl (C=O) groups is 1. The zero-order valence-corrected chi connectivity index (χ0v) is 17.3. The molecule has 1 aliphatic heterocycles. The van der Waals surface area contributed by atoms with Crippen molar-refractivity contribution in [1.82, 2.24) is 10.3 Å². The Balaban J connectivity index is 0.00000180. The van der Waals surface area contributed by atoms with Crippen LogP contribution in [-0.4, -0.2) is 24.0 Å². The summed E-state index contributed by atoms with van der Waals surface area (Å²) in [5, 5.41) is 7.25. The van der Waals surface area contributed by atoms with Crippen molar-refractivity contribution in [2.75, 3.05) is 18.4 Å². The maximum Gasteiger partial charge on any atom is 0.229 e. The summed E-state index contributed by atoms with van der Waals surface area (Å²) >= 11 is 1.60. The zero-order chi connectivity index (χ0) is 17.7. The SMILES string of the molecule is Cc1sc(NC(=O)C2CC23CCNCC3)nc1-c1ccc2c(c1)CCC2.Cl. The molecule has 4 nitrogen and oxygen atoms in total. The van der Waals surface area contributed by atoms with Crippen molar-refractivity contribution < 1.29 is 4.79 Å². The monoisotopic (exact) mass is 403 g/mol. The molecule has 1 aromatic carbocycles. The number of anilines is 1.